The van der Waals surface area contributed by atoms with Gasteiger partial charge in [-0.2, -0.15) is 5.10 Å². The highest BCUT2D eigenvalue weighted by molar-refractivity contribution is 14.1. The van der Waals surface area contributed by atoms with Crippen molar-refractivity contribution in [2.45, 2.75) is 11.4 Å². The lowest BCUT2D eigenvalue weighted by atomic mass is 10.3. The van der Waals surface area contributed by atoms with Crippen LogP contribution in [0.25, 0.3) is 0 Å². The summed E-state index contributed by atoms with van der Waals surface area (Å²) in [6.45, 7) is 0.171. The largest absolute Gasteiger partial charge is 0.394 e. The quantitative estimate of drug-likeness (QED) is 0.750. The first kappa shape index (κ1) is 14.3. The van der Waals surface area contributed by atoms with Crippen LogP contribution in [0.15, 0.2) is 41.6 Å². The minimum atomic E-state index is -3.65. The number of benzene rings is 1. The van der Waals surface area contributed by atoms with Crippen molar-refractivity contribution in [2.75, 3.05) is 11.3 Å². The minimum Gasteiger partial charge on any atom is -0.394 e. The fourth-order valence-corrected chi connectivity index (χ4v) is 3.02. The Morgan fingerprint density at radius 3 is 2.89 bits per heavy atom. The predicted octanol–water partition coefficient (Wildman–Crippen LogP) is 1.28. The van der Waals surface area contributed by atoms with Crippen molar-refractivity contribution in [1.82, 2.24) is 9.78 Å². The minimum absolute atomic E-state index is 0.0693. The molecule has 0 aliphatic carbocycles. The first-order valence-electron chi connectivity index (χ1n) is 5.43. The summed E-state index contributed by atoms with van der Waals surface area (Å²) >= 11 is 2.11. The number of hydrogen-bond acceptors (Lipinski definition) is 4. The normalized spacial score (nSPS) is 11.5. The Balaban J connectivity index is 2.22. The van der Waals surface area contributed by atoms with Crippen LogP contribution in [-0.4, -0.2) is 29.9 Å². The maximum atomic E-state index is 12.1. The van der Waals surface area contributed by atoms with E-state index in [0.717, 1.165) is 3.57 Å². The molecule has 1 aromatic carbocycles. The third kappa shape index (κ3) is 3.67. The van der Waals surface area contributed by atoms with E-state index in [2.05, 4.69) is 32.4 Å². The molecule has 19 heavy (non-hydrogen) atoms. The van der Waals surface area contributed by atoms with Gasteiger partial charge in [0.1, 0.15) is 4.90 Å². The molecule has 0 radical (unpaired) electrons. The van der Waals surface area contributed by atoms with Gasteiger partial charge in [-0.3, -0.25) is 9.40 Å². The second-order valence-electron chi connectivity index (χ2n) is 3.78. The Kier molecular flexibility index (Phi) is 4.42. The van der Waals surface area contributed by atoms with Crippen molar-refractivity contribution in [1.29, 1.82) is 0 Å². The second kappa shape index (κ2) is 5.88. The number of hydrogen-bond donors (Lipinski definition) is 2. The standard InChI is InChI=1S/C11H12IN3O3S/c12-9-2-1-3-10(6-9)14-19(17,18)11-7-13-15(8-11)4-5-16/h1-3,6-8,14,16H,4-5H2. The topological polar surface area (TPSA) is 84.2 Å². The number of nitrogens with zero attached hydrogens (tertiary/aromatic N) is 2. The van der Waals surface area contributed by atoms with Gasteiger partial charge >= 0.3 is 0 Å². The van der Waals surface area contributed by atoms with Gasteiger partial charge in [0.2, 0.25) is 0 Å². The zero-order chi connectivity index (χ0) is 13.9. The number of anilines is 1. The van der Waals surface area contributed by atoms with Crippen molar-refractivity contribution in [3.05, 3.63) is 40.2 Å². The van der Waals surface area contributed by atoms with E-state index in [1.807, 2.05) is 6.07 Å². The van der Waals surface area contributed by atoms with Crippen molar-refractivity contribution >= 4 is 38.3 Å². The predicted molar refractivity (Wildman–Crippen MR) is 79.3 cm³/mol. The first-order chi connectivity index (χ1) is 9.01. The number of aliphatic hydroxyl groups excluding tert-OH is 1. The molecule has 0 atom stereocenters. The summed E-state index contributed by atoms with van der Waals surface area (Å²) in [6, 6.07) is 7.06. The van der Waals surface area contributed by atoms with E-state index < -0.39 is 10.0 Å². The summed E-state index contributed by atoms with van der Waals surface area (Å²) in [6.07, 6.45) is 2.64. The van der Waals surface area contributed by atoms with Crippen LogP contribution in [-0.2, 0) is 16.6 Å². The fourth-order valence-electron chi connectivity index (χ4n) is 1.47. The fraction of sp³-hybridized carbons (Fsp3) is 0.182. The first-order valence-corrected chi connectivity index (χ1v) is 7.99. The van der Waals surface area contributed by atoms with E-state index >= 15 is 0 Å². The lowest BCUT2D eigenvalue weighted by Crippen LogP contribution is -2.12. The summed E-state index contributed by atoms with van der Waals surface area (Å²) < 4.78 is 29.0. The molecule has 6 nitrogen and oxygen atoms in total. The maximum absolute atomic E-state index is 12.1. The van der Waals surface area contributed by atoms with E-state index in [-0.39, 0.29) is 18.0 Å². The van der Waals surface area contributed by atoms with E-state index in [1.54, 1.807) is 18.2 Å². The van der Waals surface area contributed by atoms with E-state index in [4.69, 9.17) is 5.11 Å². The molecule has 1 aromatic heterocycles. The third-order valence-electron chi connectivity index (χ3n) is 2.33. The van der Waals surface area contributed by atoms with Crippen molar-refractivity contribution in [3.63, 3.8) is 0 Å². The van der Waals surface area contributed by atoms with Gasteiger partial charge in [-0.25, -0.2) is 8.42 Å². The van der Waals surface area contributed by atoms with Crippen molar-refractivity contribution in [3.8, 4) is 0 Å². The van der Waals surface area contributed by atoms with Crippen LogP contribution in [0.3, 0.4) is 0 Å². The molecule has 0 fully saturated rings. The summed E-state index contributed by atoms with van der Waals surface area (Å²) in [5.41, 5.74) is 0.502. The monoisotopic (exact) mass is 393 g/mol. The van der Waals surface area contributed by atoms with Crippen LogP contribution >= 0.6 is 22.6 Å². The Hall–Kier alpha value is -1.13. The summed E-state index contributed by atoms with van der Waals surface area (Å²) in [5.74, 6) is 0. The molecule has 0 aliphatic heterocycles. The molecule has 2 N–H and O–H groups in total. The molecule has 2 rings (SSSR count). The number of nitrogens with one attached hydrogen (secondary N) is 1. The zero-order valence-corrected chi connectivity index (χ0v) is 12.8. The van der Waals surface area contributed by atoms with Gasteiger partial charge < -0.3 is 5.11 Å². The molecular formula is C11H12IN3O3S. The molecule has 0 spiro atoms. The Labute approximate surface area is 124 Å². The highest BCUT2D eigenvalue weighted by Gasteiger charge is 2.16. The van der Waals surface area contributed by atoms with E-state index in [1.165, 1.54) is 17.1 Å². The van der Waals surface area contributed by atoms with E-state index in [0.29, 0.717) is 5.69 Å². The van der Waals surface area contributed by atoms with Gasteiger partial charge in [-0.1, -0.05) is 6.07 Å². The number of halogens is 1. The van der Waals surface area contributed by atoms with Crippen molar-refractivity contribution in [2.24, 2.45) is 0 Å². The van der Waals surface area contributed by atoms with Crippen LogP contribution in [0, 0.1) is 3.57 Å². The summed E-state index contributed by atoms with van der Waals surface area (Å²) in [5, 5.41) is 12.6. The van der Waals surface area contributed by atoms with Gasteiger partial charge in [0.25, 0.3) is 10.0 Å². The number of aromatic nitrogens is 2. The lowest BCUT2D eigenvalue weighted by Gasteiger charge is -2.06. The van der Waals surface area contributed by atoms with Gasteiger partial charge in [-0.05, 0) is 40.8 Å². The Bertz CT molecular complexity index is 669. The molecule has 1 heterocycles. The molecule has 2 aromatic rings. The number of aliphatic hydroxyl groups is 1. The number of rotatable bonds is 5. The molecule has 0 bridgehead atoms. The highest BCUT2D eigenvalue weighted by Crippen LogP contribution is 2.17. The second-order valence-corrected chi connectivity index (χ2v) is 6.71. The SMILES string of the molecule is O=S(=O)(Nc1cccc(I)c1)c1cnn(CCO)c1. The molecule has 0 unspecified atom stereocenters. The Morgan fingerprint density at radius 1 is 1.42 bits per heavy atom. The van der Waals surface area contributed by atoms with Gasteiger partial charge in [0.15, 0.2) is 0 Å². The Morgan fingerprint density at radius 2 is 2.21 bits per heavy atom. The van der Waals surface area contributed by atoms with Gasteiger partial charge in [-0.15, -0.1) is 0 Å². The average molecular weight is 393 g/mol. The lowest BCUT2D eigenvalue weighted by molar-refractivity contribution is 0.269. The molecule has 0 amide bonds. The van der Waals surface area contributed by atoms with Crippen LogP contribution in [0.1, 0.15) is 0 Å². The van der Waals surface area contributed by atoms with Crippen LogP contribution in [0.2, 0.25) is 0 Å². The van der Waals surface area contributed by atoms with Crippen LogP contribution < -0.4 is 4.72 Å². The van der Waals surface area contributed by atoms with Gasteiger partial charge in [0.05, 0.1) is 19.3 Å². The summed E-state index contributed by atoms with van der Waals surface area (Å²) in [7, 11) is -3.65. The van der Waals surface area contributed by atoms with Crippen LogP contribution in [0.4, 0.5) is 5.69 Å². The third-order valence-corrected chi connectivity index (χ3v) is 4.33. The summed E-state index contributed by atoms with van der Waals surface area (Å²) in [4.78, 5) is 0.0693. The molecule has 0 saturated heterocycles. The number of sulfonamides is 1. The molecular weight excluding hydrogens is 381 g/mol. The van der Waals surface area contributed by atoms with Crippen molar-refractivity contribution < 1.29 is 13.5 Å². The van der Waals surface area contributed by atoms with E-state index in [9.17, 15) is 8.42 Å². The molecule has 102 valence electrons. The molecule has 8 heteroatoms. The average Bonchev–Trinajstić information content (AvgIpc) is 2.78. The maximum Gasteiger partial charge on any atom is 0.265 e. The van der Waals surface area contributed by atoms with Crippen LogP contribution in [0.5, 0.6) is 0 Å². The van der Waals surface area contributed by atoms with Gasteiger partial charge in [0, 0.05) is 15.5 Å². The zero-order valence-electron chi connectivity index (χ0n) is 9.82. The molecule has 0 aliphatic rings. The highest BCUT2D eigenvalue weighted by atomic mass is 127. The smallest absolute Gasteiger partial charge is 0.265 e. The molecule has 0 saturated carbocycles.